The van der Waals surface area contributed by atoms with Gasteiger partial charge in [-0.1, -0.05) is 13.8 Å². The van der Waals surface area contributed by atoms with Crippen molar-refractivity contribution in [1.29, 1.82) is 0 Å². The van der Waals surface area contributed by atoms with Gasteiger partial charge in [-0.25, -0.2) is 0 Å². The van der Waals surface area contributed by atoms with Crippen molar-refractivity contribution in [2.75, 3.05) is 19.0 Å². The number of alkyl halides is 1. The molecule has 0 aromatic heterocycles. The fourth-order valence-corrected chi connectivity index (χ4v) is 3.46. The first-order chi connectivity index (χ1) is 7.47. The fourth-order valence-electron chi connectivity index (χ4n) is 3.30. The van der Waals surface area contributed by atoms with Gasteiger partial charge in [0.2, 0.25) is 5.91 Å². The highest BCUT2D eigenvalue weighted by atomic mass is 35.5. The molecule has 3 nitrogen and oxygen atoms in total. The molecule has 0 radical (unpaired) electrons. The summed E-state index contributed by atoms with van der Waals surface area (Å²) in [6, 6.07) is 0.627. The predicted molar refractivity (Wildman–Crippen MR) is 65.4 cm³/mol. The molecule has 2 fully saturated rings. The Morgan fingerprint density at radius 3 is 2.81 bits per heavy atom. The maximum atomic E-state index is 11.8. The summed E-state index contributed by atoms with van der Waals surface area (Å²) in [6.45, 7) is 8.59. The molecular weight excluding hydrogens is 224 g/mol. The average molecular weight is 245 g/mol. The van der Waals surface area contributed by atoms with Crippen LogP contribution in [-0.4, -0.2) is 46.9 Å². The summed E-state index contributed by atoms with van der Waals surface area (Å²) in [4.78, 5) is 16.2. The Hall–Kier alpha value is -0.280. The number of fused-ring (bicyclic) bond motifs is 1. The molecule has 0 bridgehead atoms. The Morgan fingerprint density at radius 1 is 1.50 bits per heavy atom. The minimum absolute atomic E-state index is 0.0626. The minimum Gasteiger partial charge on any atom is -0.326 e. The summed E-state index contributed by atoms with van der Waals surface area (Å²) in [5.74, 6) is 0.159. The van der Waals surface area contributed by atoms with Crippen LogP contribution in [0.25, 0.3) is 0 Å². The number of rotatable bonds is 1. The molecular formula is C12H21ClN2O. The molecule has 92 valence electrons. The first-order valence-corrected chi connectivity index (χ1v) is 6.62. The molecule has 2 aliphatic rings. The van der Waals surface area contributed by atoms with Crippen molar-refractivity contribution in [3.8, 4) is 0 Å². The van der Waals surface area contributed by atoms with E-state index in [9.17, 15) is 4.79 Å². The van der Waals surface area contributed by atoms with E-state index in [2.05, 4.69) is 25.7 Å². The summed E-state index contributed by atoms with van der Waals surface area (Å²) in [5, 5.41) is 0. The van der Waals surface area contributed by atoms with Crippen molar-refractivity contribution in [2.45, 2.75) is 45.8 Å². The van der Waals surface area contributed by atoms with Crippen LogP contribution < -0.4 is 0 Å². The van der Waals surface area contributed by atoms with Gasteiger partial charge in [0.15, 0.2) is 0 Å². The van der Waals surface area contributed by atoms with Crippen LogP contribution in [0.3, 0.4) is 0 Å². The standard InChI is InChI=1S/C12H21ClN2O/c1-9-14-6-4-5-10(14)12(2,3)8-15(9)11(16)7-13/h9-10H,4-8H2,1-3H3. The Labute approximate surface area is 103 Å². The SMILES string of the molecule is CC1N(C(=O)CCl)CC(C)(C)C2CCCN12. The van der Waals surface area contributed by atoms with Crippen molar-refractivity contribution in [2.24, 2.45) is 5.41 Å². The van der Waals surface area contributed by atoms with E-state index in [1.165, 1.54) is 12.8 Å². The topological polar surface area (TPSA) is 23.6 Å². The highest BCUT2D eigenvalue weighted by Crippen LogP contribution is 2.40. The molecule has 16 heavy (non-hydrogen) atoms. The zero-order valence-electron chi connectivity index (χ0n) is 10.4. The number of carbonyl (C=O) groups excluding carboxylic acids is 1. The molecule has 4 heteroatoms. The van der Waals surface area contributed by atoms with Crippen LogP contribution in [0.1, 0.15) is 33.6 Å². The normalized spacial score (nSPS) is 33.9. The van der Waals surface area contributed by atoms with Crippen LogP contribution in [0.2, 0.25) is 0 Å². The van der Waals surface area contributed by atoms with E-state index in [1.54, 1.807) is 0 Å². The van der Waals surface area contributed by atoms with Gasteiger partial charge in [-0.15, -0.1) is 11.6 Å². The molecule has 0 aliphatic carbocycles. The largest absolute Gasteiger partial charge is 0.326 e. The van der Waals surface area contributed by atoms with E-state index >= 15 is 0 Å². The van der Waals surface area contributed by atoms with E-state index in [0.29, 0.717) is 6.04 Å². The summed E-state index contributed by atoms with van der Waals surface area (Å²) in [5.41, 5.74) is 0.185. The van der Waals surface area contributed by atoms with Gasteiger partial charge in [0.25, 0.3) is 0 Å². The molecule has 2 unspecified atom stereocenters. The van der Waals surface area contributed by atoms with Crippen molar-refractivity contribution in [3.63, 3.8) is 0 Å². The third-order valence-corrected chi connectivity index (χ3v) is 4.37. The number of carbonyl (C=O) groups is 1. The first kappa shape index (κ1) is 12.2. The van der Waals surface area contributed by atoms with Crippen molar-refractivity contribution >= 4 is 17.5 Å². The molecule has 2 saturated heterocycles. The summed E-state index contributed by atoms with van der Waals surface area (Å²) in [6.07, 6.45) is 2.73. The lowest BCUT2D eigenvalue weighted by Gasteiger charge is -2.52. The van der Waals surface area contributed by atoms with E-state index < -0.39 is 0 Å². The smallest absolute Gasteiger partial charge is 0.238 e. The van der Waals surface area contributed by atoms with Crippen LogP contribution in [0.5, 0.6) is 0 Å². The van der Waals surface area contributed by atoms with Gasteiger partial charge in [0.1, 0.15) is 5.88 Å². The number of hydrogen-bond acceptors (Lipinski definition) is 2. The van der Waals surface area contributed by atoms with Gasteiger partial charge < -0.3 is 4.90 Å². The summed E-state index contributed by atoms with van der Waals surface area (Å²) < 4.78 is 0. The van der Waals surface area contributed by atoms with Crippen LogP contribution in [0.4, 0.5) is 0 Å². The van der Waals surface area contributed by atoms with Gasteiger partial charge in [-0.2, -0.15) is 0 Å². The van der Waals surface area contributed by atoms with E-state index in [-0.39, 0.29) is 23.4 Å². The minimum atomic E-state index is 0.0626. The van der Waals surface area contributed by atoms with E-state index in [1.807, 2.05) is 4.90 Å². The molecule has 0 aromatic rings. The highest BCUT2D eigenvalue weighted by molar-refractivity contribution is 6.27. The molecule has 2 aliphatic heterocycles. The van der Waals surface area contributed by atoms with Crippen LogP contribution in [0, 0.1) is 5.41 Å². The van der Waals surface area contributed by atoms with E-state index in [4.69, 9.17) is 11.6 Å². The molecule has 1 amide bonds. The maximum absolute atomic E-state index is 11.8. The van der Waals surface area contributed by atoms with Gasteiger partial charge in [-0.3, -0.25) is 9.69 Å². The molecule has 0 saturated carbocycles. The first-order valence-electron chi connectivity index (χ1n) is 6.08. The summed E-state index contributed by atoms with van der Waals surface area (Å²) in [7, 11) is 0. The number of halogens is 1. The van der Waals surface area contributed by atoms with Crippen molar-refractivity contribution in [3.05, 3.63) is 0 Å². The van der Waals surface area contributed by atoms with Crippen molar-refractivity contribution in [1.82, 2.24) is 9.80 Å². The highest BCUT2D eigenvalue weighted by Gasteiger charge is 2.47. The van der Waals surface area contributed by atoms with E-state index in [0.717, 1.165) is 13.1 Å². The number of nitrogens with zero attached hydrogens (tertiary/aromatic N) is 2. The molecule has 0 aromatic carbocycles. The second-order valence-electron chi connectivity index (χ2n) is 5.67. The Bertz CT molecular complexity index is 293. The third-order valence-electron chi connectivity index (χ3n) is 4.14. The molecule has 2 atom stereocenters. The zero-order valence-corrected chi connectivity index (χ0v) is 11.1. The van der Waals surface area contributed by atoms with Gasteiger partial charge >= 0.3 is 0 Å². The lowest BCUT2D eigenvalue weighted by atomic mass is 9.80. The maximum Gasteiger partial charge on any atom is 0.238 e. The Balaban J connectivity index is 2.22. The predicted octanol–water partition coefficient (Wildman–Crippen LogP) is 1.90. The second kappa shape index (κ2) is 4.19. The lowest BCUT2D eigenvalue weighted by molar-refractivity contribution is -0.146. The summed E-state index contributed by atoms with van der Waals surface area (Å²) >= 11 is 5.68. The second-order valence-corrected chi connectivity index (χ2v) is 5.94. The fraction of sp³-hybridized carbons (Fsp3) is 0.917. The Morgan fingerprint density at radius 2 is 2.19 bits per heavy atom. The molecule has 2 rings (SSSR count). The Kier molecular flexibility index (Phi) is 3.19. The van der Waals surface area contributed by atoms with Crippen LogP contribution in [0.15, 0.2) is 0 Å². The average Bonchev–Trinajstić information content (AvgIpc) is 2.72. The number of hydrogen-bond donors (Lipinski definition) is 0. The molecule has 2 heterocycles. The monoisotopic (exact) mass is 244 g/mol. The molecule has 0 N–H and O–H groups in total. The van der Waals surface area contributed by atoms with Crippen molar-refractivity contribution < 1.29 is 4.79 Å². The quantitative estimate of drug-likeness (QED) is 0.658. The van der Waals surface area contributed by atoms with Gasteiger partial charge in [0, 0.05) is 19.1 Å². The van der Waals surface area contributed by atoms with Gasteiger partial charge in [0.05, 0.1) is 6.17 Å². The lowest BCUT2D eigenvalue weighted by Crippen LogP contribution is -2.63. The third kappa shape index (κ3) is 1.84. The number of amides is 1. The van der Waals surface area contributed by atoms with Crippen LogP contribution >= 0.6 is 11.6 Å². The molecule has 0 spiro atoms. The van der Waals surface area contributed by atoms with Gasteiger partial charge in [-0.05, 0) is 25.2 Å². The van der Waals surface area contributed by atoms with Crippen LogP contribution in [-0.2, 0) is 4.79 Å². The zero-order chi connectivity index (χ0) is 11.9.